The van der Waals surface area contributed by atoms with Crippen molar-refractivity contribution in [1.82, 2.24) is 0 Å². The van der Waals surface area contributed by atoms with Gasteiger partial charge in [-0.3, -0.25) is 0 Å². The first-order valence-electron chi connectivity index (χ1n) is 4.07. The second-order valence-corrected chi connectivity index (χ2v) is 3.50. The van der Waals surface area contributed by atoms with Gasteiger partial charge in [-0.2, -0.15) is 0 Å². The molecule has 0 aromatic heterocycles. The van der Waals surface area contributed by atoms with Gasteiger partial charge in [0.1, 0.15) is 11.5 Å². The maximum atomic E-state index is 13.6. The molecule has 0 nitrogen and oxygen atoms in total. The smallest absolute Gasteiger partial charge is 0.133 e. The van der Waals surface area contributed by atoms with Crippen LogP contribution < -0.4 is 0 Å². The van der Waals surface area contributed by atoms with Gasteiger partial charge in [0, 0.05) is 0 Å². The van der Waals surface area contributed by atoms with Crippen molar-refractivity contribution in [1.29, 1.82) is 0 Å². The molecule has 0 heterocycles. The zero-order valence-electron chi connectivity index (χ0n) is 6.90. The SMILES string of the molecule is CC1(F)CCc2cc(F)ccc21. The maximum absolute atomic E-state index is 13.6. The van der Waals surface area contributed by atoms with Gasteiger partial charge in [-0.1, -0.05) is 6.07 Å². The van der Waals surface area contributed by atoms with Crippen LogP contribution in [0.4, 0.5) is 8.78 Å². The van der Waals surface area contributed by atoms with Crippen LogP contribution in [0.1, 0.15) is 24.5 Å². The second kappa shape index (κ2) is 2.28. The van der Waals surface area contributed by atoms with Gasteiger partial charge in [0.15, 0.2) is 0 Å². The number of alkyl halides is 1. The normalized spacial score (nSPS) is 27.2. The molecule has 0 aliphatic heterocycles. The van der Waals surface area contributed by atoms with E-state index in [0.717, 1.165) is 5.56 Å². The molecule has 2 rings (SSSR count). The van der Waals surface area contributed by atoms with Crippen molar-refractivity contribution in [2.24, 2.45) is 0 Å². The van der Waals surface area contributed by atoms with Crippen molar-refractivity contribution in [2.45, 2.75) is 25.4 Å². The third-order valence-corrected chi connectivity index (χ3v) is 2.49. The molecule has 12 heavy (non-hydrogen) atoms. The Labute approximate surface area is 70.2 Å². The van der Waals surface area contributed by atoms with E-state index in [1.54, 1.807) is 13.0 Å². The van der Waals surface area contributed by atoms with Gasteiger partial charge in [0.2, 0.25) is 0 Å². The van der Waals surface area contributed by atoms with Gasteiger partial charge in [-0.15, -0.1) is 0 Å². The summed E-state index contributed by atoms with van der Waals surface area (Å²) in [5.41, 5.74) is 0.229. The minimum atomic E-state index is -1.25. The summed E-state index contributed by atoms with van der Waals surface area (Å²) in [5, 5.41) is 0. The molecular weight excluding hydrogens is 158 g/mol. The summed E-state index contributed by atoms with van der Waals surface area (Å²) in [4.78, 5) is 0. The van der Waals surface area contributed by atoms with Crippen LogP contribution in [0, 0.1) is 5.82 Å². The van der Waals surface area contributed by atoms with E-state index >= 15 is 0 Å². The van der Waals surface area contributed by atoms with E-state index in [0.29, 0.717) is 18.4 Å². The Hall–Kier alpha value is -0.920. The molecule has 0 bridgehead atoms. The molecule has 0 fully saturated rings. The summed E-state index contributed by atoms with van der Waals surface area (Å²) in [7, 11) is 0. The molecule has 1 atom stereocenters. The van der Waals surface area contributed by atoms with E-state index in [1.165, 1.54) is 12.1 Å². The van der Waals surface area contributed by atoms with Crippen molar-refractivity contribution in [3.05, 3.63) is 35.1 Å². The predicted molar refractivity (Wildman–Crippen MR) is 43.2 cm³/mol. The Bertz CT molecular complexity index is 316. The number of fused-ring (bicyclic) bond motifs is 1. The van der Waals surface area contributed by atoms with Gasteiger partial charge >= 0.3 is 0 Å². The lowest BCUT2D eigenvalue weighted by molar-refractivity contribution is 0.194. The van der Waals surface area contributed by atoms with Crippen LogP contribution in [0.25, 0.3) is 0 Å². The third-order valence-electron chi connectivity index (χ3n) is 2.49. The molecule has 0 amide bonds. The van der Waals surface area contributed by atoms with Gasteiger partial charge in [-0.05, 0) is 43.0 Å². The van der Waals surface area contributed by atoms with Gasteiger partial charge in [-0.25, -0.2) is 8.78 Å². The molecule has 0 N–H and O–H groups in total. The summed E-state index contributed by atoms with van der Waals surface area (Å²) in [6.45, 7) is 1.55. The van der Waals surface area contributed by atoms with E-state index in [1.807, 2.05) is 0 Å². The molecule has 1 aliphatic carbocycles. The van der Waals surface area contributed by atoms with Crippen molar-refractivity contribution in [3.63, 3.8) is 0 Å². The van der Waals surface area contributed by atoms with Crippen LogP contribution in [0.5, 0.6) is 0 Å². The number of halogens is 2. The maximum Gasteiger partial charge on any atom is 0.133 e. The minimum Gasteiger partial charge on any atom is -0.239 e. The summed E-state index contributed by atoms with van der Waals surface area (Å²) in [6, 6.07) is 4.31. The highest BCUT2D eigenvalue weighted by Crippen LogP contribution is 2.39. The molecule has 64 valence electrons. The van der Waals surface area contributed by atoms with Gasteiger partial charge in [0.25, 0.3) is 0 Å². The Morgan fingerprint density at radius 1 is 1.42 bits per heavy atom. The van der Waals surface area contributed by atoms with Crippen LogP contribution in [0.3, 0.4) is 0 Å². The van der Waals surface area contributed by atoms with Crippen LogP contribution in [0.15, 0.2) is 18.2 Å². The highest BCUT2D eigenvalue weighted by Gasteiger charge is 2.33. The van der Waals surface area contributed by atoms with Crippen molar-refractivity contribution in [3.8, 4) is 0 Å². The predicted octanol–water partition coefficient (Wildman–Crippen LogP) is 2.96. The molecule has 0 saturated carbocycles. The van der Waals surface area contributed by atoms with E-state index in [9.17, 15) is 8.78 Å². The lowest BCUT2D eigenvalue weighted by Crippen LogP contribution is -2.09. The van der Waals surface area contributed by atoms with E-state index in [2.05, 4.69) is 0 Å². The fourth-order valence-corrected chi connectivity index (χ4v) is 1.78. The second-order valence-electron chi connectivity index (χ2n) is 3.50. The molecule has 1 aliphatic rings. The molecule has 0 spiro atoms. The average molecular weight is 168 g/mol. The lowest BCUT2D eigenvalue weighted by Gasteiger charge is -2.13. The number of benzene rings is 1. The molecule has 0 radical (unpaired) electrons. The fraction of sp³-hybridized carbons (Fsp3) is 0.400. The zero-order chi connectivity index (χ0) is 8.77. The Balaban J connectivity index is 2.55. The fourth-order valence-electron chi connectivity index (χ4n) is 1.78. The molecule has 2 heteroatoms. The summed E-state index contributed by atoms with van der Waals surface area (Å²) in [5.74, 6) is -0.272. The molecule has 1 unspecified atom stereocenters. The number of hydrogen-bond donors (Lipinski definition) is 0. The molecule has 0 saturated heterocycles. The largest absolute Gasteiger partial charge is 0.239 e. The van der Waals surface area contributed by atoms with Crippen molar-refractivity contribution < 1.29 is 8.78 Å². The van der Waals surface area contributed by atoms with Crippen molar-refractivity contribution >= 4 is 0 Å². The molecule has 1 aromatic rings. The van der Waals surface area contributed by atoms with Crippen molar-refractivity contribution in [2.75, 3.05) is 0 Å². The Morgan fingerprint density at radius 3 is 2.92 bits per heavy atom. The quantitative estimate of drug-likeness (QED) is 0.558. The number of rotatable bonds is 0. The topological polar surface area (TPSA) is 0 Å². The Kier molecular flexibility index (Phi) is 1.47. The summed E-state index contributed by atoms with van der Waals surface area (Å²) in [6.07, 6.45) is 1.13. The third kappa shape index (κ3) is 1.02. The first-order chi connectivity index (χ1) is 5.59. The van der Waals surface area contributed by atoms with Gasteiger partial charge in [0.05, 0.1) is 0 Å². The van der Waals surface area contributed by atoms with E-state index in [-0.39, 0.29) is 5.82 Å². The molecular formula is C10H10F2. The first kappa shape index (κ1) is 7.71. The average Bonchev–Trinajstić information content (AvgIpc) is 2.27. The van der Waals surface area contributed by atoms with Crippen LogP contribution in [-0.4, -0.2) is 0 Å². The number of hydrogen-bond acceptors (Lipinski definition) is 0. The zero-order valence-corrected chi connectivity index (χ0v) is 6.90. The minimum absolute atomic E-state index is 0.272. The highest BCUT2D eigenvalue weighted by molar-refractivity contribution is 5.36. The summed E-state index contributed by atoms with van der Waals surface area (Å²) < 4.78 is 26.3. The first-order valence-corrected chi connectivity index (χ1v) is 4.07. The van der Waals surface area contributed by atoms with Crippen LogP contribution in [0.2, 0.25) is 0 Å². The number of aryl methyl sites for hydroxylation is 1. The van der Waals surface area contributed by atoms with Crippen LogP contribution in [-0.2, 0) is 12.1 Å². The highest BCUT2D eigenvalue weighted by atomic mass is 19.1. The molecule has 1 aromatic carbocycles. The summed E-state index contributed by atoms with van der Waals surface area (Å²) >= 11 is 0. The lowest BCUT2D eigenvalue weighted by atomic mass is 10.0. The van der Waals surface area contributed by atoms with Crippen LogP contribution >= 0.6 is 0 Å². The Morgan fingerprint density at radius 2 is 2.17 bits per heavy atom. The van der Waals surface area contributed by atoms with E-state index in [4.69, 9.17) is 0 Å². The van der Waals surface area contributed by atoms with E-state index < -0.39 is 5.67 Å². The standard InChI is InChI=1S/C10H10F2/c1-10(12)5-4-7-6-8(11)2-3-9(7)10/h2-3,6H,4-5H2,1H3. The van der Waals surface area contributed by atoms with Gasteiger partial charge < -0.3 is 0 Å². The monoisotopic (exact) mass is 168 g/mol.